The van der Waals surface area contributed by atoms with Crippen molar-refractivity contribution in [3.63, 3.8) is 0 Å². The highest BCUT2D eigenvalue weighted by molar-refractivity contribution is 5.95. The minimum Gasteiger partial charge on any atom is -0.494 e. The number of likely N-dealkylation sites (tertiary alicyclic amines) is 1. The van der Waals surface area contributed by atoms with Gasteiger partial charge >= 0.3 is 0 Å². The van der Waals surface area contributed by atoms with Crippen LogP contribution < -0.4 is 20.5 Å². The molecule has 0 bridgehead atoms. The quantitative estimate of drug-likeness (QED) is 0.154. The van der Waals surface area contributed by atoms with E-state index in [2.05, 4.69) is 22.2 Å². The minimum absolute atomic E-state index is 0.0206. The van der Waals surface area contributed by atoms with Gasteiger partial charge in [-0.1, -0.05) is 30.3 Å². The fraction of sp³-hybridized carbons (Fsp3) is 0.290. The van der Waals surface area contributed by atoms with Gasteiger partial charge in [-0.05, 0) is 57.1 Å². The molecule has 0 aliphatic carbocycles. The number of nitrogens with two attached hydrogens (primary N) is 1. The highest BCUT2D eigenvalue weighted by Gasteiger charge is 2.27. The molecular weight excluding hydrogens is 507 g/mol. The van der Waals surface area contributed by atoms with Crippen molar-refractivity contribution in [1.29, 1.82) is 5.41 Å². The lowest BCUT2D eigenvalue weighted by Crippen LogP contribution is -2.35. The number of benzene rings is 3. The number of aromatic amines is 1. The van der Waals surface area contributed by atoms with Crippen molar-refractivity contribution >= 4 is 11.5 Å². The summed E-state index contributed by atoms with van der Waals surface area (Å²) in [5, 5.41) is 11.1. The van der Waals surface area contributed by atoms with Crippen molar-refractivity contribution < 1.29 is 13.9 Å². The van der Waals surface area contributed by atoms with Gasteiger partial charge in [-0.25, -0.2) is 9.37 Å². The van der Waals surface area contributed by atoms with Crippen LogP contribution >= 0.6 is 0 Å². The molecule has 0 spiro atoms. The first-order valence-corrected chi connectivity index (χ1v) is 13.5. The molecule has 0 saturated carbocycles. The smallest absolute Gasteiger partial charge is 0.171 e. The Hall–Kier alpha value is -4.37. The van der Waals surface area contributed by atoms with E-state index in [1.807, 2.05) is 55.6 Å². The SMILES string of the molecule is CCOc1cc(OC2CCN(C)CC2)c(F)c(C(Nc2ccc(C(=N)N)cc2)c2nc(-c3ccccc3)c[nH]2)c1. The molecule has 1 atom stereocenters. The predicted molar refractivity (Wildman–Crippen MR) is 156 cm³/mol. The summed E-state index contributed by atoms with van der Waals surface area (Å²) in [6.45, 7) is 4.13. The zero-order valence-corrected chi connectivity index (χ0v) is 22.8. The van der Waals surface area contributed by atoms with E-state index in [1.54, 1.807) is 24.3 Å². The molecule has 1 saturated heterocycles. The van der Waals surface area contributed by atoms with E-state index in [9.17, 15) is 0 Å². The highest BCUT2D eigenvalue weighted by Crippen LogP contribution is 2.37. The van der Waals surface area contributed by atoms with Gasteiger partial charge in [0.1, 0.15) is 29.6 Å². The number of ether oxygens (including phenoxy) is 2. The van der Waals surface area contributed by atoms with E-state index in [1.165, 1.54) is 0 Å². The van der Waals surface area contributed by atoms with Crippen LogP contribution in [0.25, 0.3) is 11.3 Å². The number of anilines is 1. The van der Waals surface area contributed by atoms with Crippen LogP contribution in [0.15, 0.2) is 72.9 Å². The number of hydrogen-bond donors (Lipinski definition) is 4. The summed E-state index contributed by atoms with van der Waals surface area (Å²) in [6.07, 6.45) is 3.40. The normalized spacial score (nSPS) is 15.0. The van der Waals surface area contributed by atoms with Crippen molar-refractivity contribution in [3.8, 4) is 22.8 Å². The maximum absolute atomic E-state index is 16.3. The highest BCUT2D eigenvalue weighted by atomic mass is 19.1. The fourth-order valence-corrected chi connectivity index (χ4v) is 4.87. The van der Waals surface area contributed by atoms with Gasteiger partial charge in [-0.15, -0.1) is 0 Å². The number of aromatic nitrogens is 2. The van der Waals surface area contributed by atoms with Gasteiger partial charge in [-0.3, -0.25) is 5.41 Å². The third-order valence-corrected chi connectivity index (χ3v) is 7.07. The molecule has 1 aromatic heterocycles. The summed E-state index contributed by atoms with van der Waals surface area (Å²) >= 11 is 0. The molecule has 5 rings (SSSR count). The number of nitrogens with one attached hydrogen (secondary N) is 3. The van der Waals surface area contributed by atoms with Gasteiger partial charge in [0.25, 0.3) is 0 Å². The molecule has 4 aromatic rings. The van der Waals surface area contributed by atoms with Crippen molar-refractivity contribution in [2.45, 2.75) is 31.9 Å². The first kappa shape index (κ1) is 27.2. The van der Waals surface area contributed by atoms with Crippen molar-refractivity contribution in [2.24, 2.45) is 5.73 Å². The second-order valence-corrected chi connectivity index (χ2v) is 9.98. The average molecular weight is 543 g/mol. The number of amidine groups is 1. The average Bonchev–Trinajstić information content (AvgIpc) is 3.46. The van der Waals surface area contributed by atoms with Crippen LogP contribution in [0, 0.1) is 11.2 Å². The molecule has 3 aromatic carbocycles. The fourth-order valence-electron chi connectivity index (χ4n) is 4.87. The summed E-state index contributed by atoms with van der Waals surface area (Å²) in [4.78, 5) is 10.3. The molecule has 5 N–H and O–H groups in total. The van der Waals surface area contributed by atoms with Gasteiger partial charge in [0.05, 0.1) is 12.3 Å². The van der Waals surface area contributed by atoms with Crippen LogP contribution in [0.3, 0.4) is 0 Å². The number of rotatable bonds is 10. The molecule has 1 aliphatic heterocycles. The van der Waals surface area contributed by atoms with Gasteiger partial charge in [-0.2, -0.15) is 0 Å². The zero-order chi connectivity index (χ0) is 28.1. The molecule has 40 heavy (non-hydrogen) atoms. The number of nitrogens with zero attached hydrogens (tertiary/aromatic N) is 2. The van der Waals surface area contributed by atoms with Crippen molar-refractivity contribution in [1.82, 2.24) is 14.9 Å². The Labute approximate surface area is 233 Å². The molecule has 1 unspecified atom stereocenters. The number of H-pyrrole nitrogens is 1. The monoisotopic (exact) mass is 542 g/mol. The summed E-state index contributed by atoms with van der Waals surface area (Å²) in [7, 11) is 2.08. The van der Waals surface area contributed by atoms with Crippen LogP contribution in [0.5, 0.6) is 11.5 Å². The third-order valence-electron chi connectivity index (χ3n) is 7.07. The Kier molecular flexibility index (Phi) is 8.31. The van der Waals surface area contributed by atoms with Gasteiger partial charge in [0.2, 0.25) is 0 Å². The third kappa shape index (κ3) is 6.26. The Morgan fingerprint density at radius 3 is 2.55 bits per heavy atom. The Bertz CT molecular complexity index is 1430. The van der Waals surface area contributed by atoms with Gasteiger partial charge in [0, 0.05) is 47.7 Å². The van der Waals surface area contributed by atoms with E-state index >= 15 is 4.39 Å². The summed E-state index contributed by atoms with van der Waals surface area (Å²) < 4.78 is 28.4. The number of hydrogen-bond acceptors (Lipinski definition) is 6. The molecule has 208 valence electrons. The minimum atomic E-state index is -0.694. The van der Waals surface area contributed by atoms with E-state index in [-0.39, 0.29) is 17.7 Å². The molecule has 1 aliphatic rings. The topological polar surface area (TPSA) is 112 Å². The maximum Gasteiger partial charge on any atom is 0.171 e. The lowest BCUT2D eigenvalue weighted by atomic mass is 10.0. The van der Waals surface area contributed by atoms with Crippen molar-refractivity contribution in [3.05, 3.63) is 95.7 Å². The number of imidazole rings is 1. The lowest BCUT2D eigenvalue weighted by molar-refractivity contribution is 0.109. The molecule has 9 heteroatoms. The second kappa shape index (κ2) is 12.2. The number of piperidine rings is 1. The molecule has 2 heterocycles. The van der Waals surface area contributed by atoms with Crippen LogP contribution in [-0.2, 0) is 0 Å². The van der Waals surface area contributed by atoms with Crippen LogP contribution in [0.2, 0.25) is 0 Å². The van der Waals surface area contributed by atoms with E-state index < -0.39 is 11.9 Å². The first-order valence-electron chi connectivity index (χ1n) is 13.5. The standard InChI is InChI=1S/C31H35FN6O2/c1-3-39-24-17-25(28(32)27(18-24)40-23-13-15-38(2)16-14-23)29(36-22-11-9-21(10-12-22)30(33)34)31-35-19-26(37-31)20-7-5-4-6-8-20/h4-12,17-19,23,29,36H,3,13-16H2,1-2H3,(H3,33,34)(H,35,37). The van der Waals surface area contributed by atoms with E-state index in [0.29, 0.717) is 35.0 Å². The van der Waals surface area contributed by atoms with Crippen LogP contribution in [-0.4, -0.2) is 53.6 Å². The summed E-state index contributed by atoms with van der Waals surface area (Å²) in [5.41, 5.74) is 9.00. The number of nitrogen functional groups attached to an aromatic ring is 1. The maximum atomic E-state index is 16.3. The first-order chi connectivity index (χ1) is 19.4. The lowest BCUT2D eigenvalue weighted by Gasteiger charge is -2.30. The number of halogens is 1. The summed E-state index contributed by atoms with van der Waals surface area (Å²) in [5.74, 6) is 0.748. The van der Waals surface area contributed by atoms with Crippen LogP contribution in [0.1, 0.15) is 42.8 Å². The molecular formula is C31H35FN6O2. The molecule has 1 fully saturated rings. The second-order valence-electron chi connectivity index (χ2n) is 9.98. The Morgan fingerprint density at radius 2 is 1.88 bits per heavy atom. The van der Waals surface area contributed by atoms with Gasteiger partial charge in [0.15, 0.2) is 11.6 Å². The Balaban J connectivity index is 1.55. The molecule has 8 nitrogen and oxygen atoms in total. The van der Waals surface area contributed by atoms with E-state index in [0.717, 1.165) is 37.2 Å². The zero-order valence-electron chi connectivity index (χ0n) is 22.8. The van der Waals surface area contributed by atoms with Gasteiger partial charge < -0.3 is 30.4 Å². The van der Waals surface area contributed by atoms with Crippen molar-refractivity contribution in [2.75, 3.05) is 32.1 Å². The van der Waals surface area contributed by atoms with Crippen LogP contribution in [0.4, 0.5) is 10.1 Å². The predicted octanol–water partition coefficient (Wildman–Crippen LogP) is 5.57. The van der Waals surface area contributed by atoms with E-state index in [4.69, 9.17) is 25.6 Å². The molecule has 0 radical (unpaired) electrons. The Morgan fingerprint density at radius 1 is 1.15 bits per heavy atom. The molecule has 0 amide bonds. The summed E-state index contributed by atoms with van der Waals surface area (Å²) in [6, 6.07) is 19.6. The largest absolute Gasteiger partial charge is 0.494 e.